The molecule has 1 amide bonds. The number of hydrogen-bond donors (Lipinski definition) is 2. The summed E-state index contributed by atoms with van der Waals surface area (Å²) in [6, 6.07) is 4.63. The fourth-order valence-electron chi connectivity index (χ4n) is 1.81. The van der Waals surface area contributed by atoms with Gasteiger partial charge in [-0.2, -0.15) is 13.2 Å². The Balaban J connectivity index is 2.72. The van der Waals surface area contributed by atoms with Crippen LogP contribution in [0.1, 0.15) is 19.4 Å². The zero-order chi connectivity index (χ0) is 16.2. The van der Waals surface area contributed by atoms with E-state index in [0.717, 1.165) is 4.90 Å². The molecule has 0 unspecified atom stereocenters. The number of carbonyl (C=O) groups is 1. The zero-order valence-corrected chi connectivity index (χ0v) is 12.3. The molecule has 4 nitrogen and oxygen atoms in total. The van der Waals surface area contributed by atoms with Crippen LogP contribution in [0.2, 0.25) is 0 Å². The van der Waals surface area contributed by atoms with Gasteiger partial charge in [-0.15, -0.1) is 0 Å². The Morgan fingerprint density at radius 1 is 1.38 bits per heavy atom. The quantitative estimate of drug-likeness (QED) is 0.822. The van der Waals surface area contributed by atoms with Crippen LogP contribution in [0, 0.1) is 6.92 Å². The van der Waals surface area contributed by atoms with Gasteiger partial charge in [0.25, 0.3) is 0 Å². The molecule has 0 fully saturated rings. The molecule has 3 N–H and O–H groups in total. The highest BCUT2D eigenvalue weighted by Crippen LogP contribution is 2.21. The van der Waals surface area contributed by atoms with Gasteiger partial charge >= 0.3 is 6.18 Å². The largest absolute Gasteiger partial charge is 0.401 e. The molecule has 0 radical (unpaired) electrons. The van der Waals surface area contributed by atoms with Gasteiger partial charge in [0, 0.05) is 17.4 Å². The van der Waals surface area contributed by atoms with Crippen molar-refractivity contribution in [3.8, 4) is 0 Å². The van der Waals surface area contributed by atoms with Crippen molar-refractivity contribution in [1.29, 1.82) is 0 Å². The molecule has 0 aliphatic rings. The summed E-state index contributed by atoms with van der Waals surface area (Å²) in [5.74, 6) is -0.498. The summed E-state index contributed by atoms with van der Waals surface area (Å²) in [4.78, 5) is 13.0. The van der Waals surface area contributed by atoms with Crippen molar-refractivity contribution < 1.29 is 18.0 Å². The second kappa shape index (κ2) is 6.80. The summed E-state index contributed by atoms with van der Waals surface area (Å²) in [5, 5.41) is 2.59. The molecule has 1 aromatic carbocycles. The van der Waals surface area contributed by atoms with E-state index in [1.165, 1.54) is 0 Å². The second-order valence-electron chi connectivity index (χ2n) is 5.18. The van der Waals surface area contributed by atoms with Gasteiger partial charge in [-0.05, 0) is 38.5 Å². The van der Waals surface area contributed by atoms with E-state index in [2.05, 4.69) is 5.32 Å². The average Bonchev–Trinajstić information content (AvgIpc) is 2.32. The van der Waals surface area contributed by atoms with E-state index >= 15 is 0 Å². The van der Waals surface area contributed by atoms with Gasteiger partial charge in [-0.3, -0.25) is 9.69 Å². The van der Waals surface area contributed by atoms with Crippen molar-refractivity contribution in [3.05, 3.63) is 23.8 Å². The number of nitrogens with one attached hydrogen (secondary N) is 1. The topological polar surface area (TPSA) is 58.4 Å². The van der Waals surface area contributed by atoms with Crippen LogP contribution in [0.15, 0.2) is 18.2 Å². The molecule has 0 saturated heterocycles. The van der Waals surface area contributed by atoms with Gasteiger partial charge in [-0.25, -0.2) is 0 Å². The van der Waals surface area contributed by atoms with Gasteiger partial charge in [0.1, 0.15) is 0 Å². The van der Waals surface area contributed by atoms with E-state index in [9.17, 15) is 18.0 Å². The van der Waals surface area contributed by atoms with Crippen LogP contribution in [-0.4, -0.2) is 36.1 Å². The van der Waals surface area contributed by atoms with Crippen LogP contribution >= 0.6 is 0 Å². The highest BCUT2D eigenvalue weighted by Gasteiger charge is 2.32. The number of benzene rings is 1. The number of anilines is 2. The predicted molar refractivity (Wildman–Crippen MR) is 77.0 cm³/mol. The summed E-state index contributed by atoms with van der Waals surface area (Å²) in [5.41, 5.74) is 7.44. The van der Waals surface area contributed by atoms with E-state index in [4.69, 9.17) is 5.73 Å². The number of amides is 1. The molecular weight excluding hydrogens is 283 g/mol. The predicted octanol–water partition coefficient (Wildman–Crippen LogP) is 2.79. The number of carbonyl (C=O) groups excluding carboxylic acids is 1. The van der Waals surface area contributed by atoms with Crippen LogP contribution in [-0.2, 0) is 4.79 Å². The van der Waals surface area contributed by atoms with E-state index in [0.29, 0.717) is 16.9 Å². The lowest BCUT2D eigenvalue weighted by atomic mass is 10.1. The van der Waals surface area contributed by atoms with Crippen molar-refractivity contribution >= 4 is 17.3 Å². The Labute approximate surface area is 122 Å². The van der Waals surface area contributed by atoms with Crippen molar-refractivity contribution in [1.82, 2.24) is 4.90 Å². The molecule has 0 spiro atoms. The number of hydrogen-bond acceptors (Lipinski definition) is 3. The molecule has 0 saturated carbocycles. The van der Waals surface area contributed by atoms with Gasteiger partial charge in [0.2, 0.25) is 5.91 Å². The molecule has 118 valence electrons. The summed E-state index contributed by atoms with van der Waals surface area (Å²) < 4.78 is 37.4. The van der Waals surface area contributed by atoms with Crippen molar-refractivity contribution in [2.45, 2.75) is 33.0 Å². The van der Waals surface area contributed by atoms with Crippen LogP contribution in [0.5, 0.6) is 0 Å². The van der Waals surface area contributed by atoms with E-state index in [1.807, 2.05) is 0 Å². The van der Waals surface area contributed by atoms with Crippen LogP contribution in [0.3, 0.4) is 0 Å². The minimum Gasteiger partial charge on any atom is -0.398 e. The lowest BCUT2D eigenvalue weighted by molar-refractivity contribution is -0.151. The molecular formula is C14H20F3N3O. The SMILES string of the molecule is Cc1c(N)cccc1NC(=O)CN(CC(F)(F)F)C(C)C. The van der Waals surface area contributed by atoms with Crippen molar-refractivity contribution in [3.63, 3.8) is 0 Å². The standard InChI is InChI=1S/C14H20F3N3O/c1-9(2)20(8-14(15,16)17)7-13(21)19-12-6-4-5-11(18)10(12)3/h4-6,9H,7-8,18H2,1-3H3,(H,19,21). The first kappa shape index (κ1) is 17.3. The Morgan fingerprint density at radius 2 is 2.00 bits per heavy atom. The van der Waals surface area contributed by atoms with Crippen molar-refractivity contribution in [2.75, 3.05) is 24.1 Å². The molecule has 7 heteroatoms. The fraction of sp³-hybridized carbons (Fsp3) is 0.500. The first-order chi connectivity index (χ1) is 9.60. The Bertz CT molecular complexity index is 501. The third kappa shape index (κ3) is 5.63. The summed E-state index contributed by atoms with van der Waals surface area (Å²) in [6.07, 6.45) is -4.34. The second-order valence-corrected chi connectivity index (χ2v) is 5.18. The molecule has 0 aromatic heterocycles. The van der Waals surface area contributed by atoms with Gasteiger partial charge in [-0.1, -0.05) is 6.07 Å². The summed E-state index contributed by atoms with van der Waals surface area (Å²) >= 11 is 0. The molecule has 0 heterocycles. The minimum atomic E-state index is -4.34. The average molecular weight is 303 g/mol. The molecule has 0 atom stereocenters. The Morgan fingerprint density at radius 3 is 2.52 bits per heavy atom. The zero-order valence-electron chi connectivity index (χ0n) is 12.3. The van der Waals surface area contributed by atoms with E-state index in [1.54, 1.807) is 39.0 Å². The minimum absolute atomic E-state index is 0.328. The van der Waals surface area contributed by atoms with Crippen LogP contribution < -0.4 is 11.1 Å². The molecule has 0 bridgehead atoms. The van der Waals surface area contributed by atoms with Gasteiger partial charge in [0.05, 0.1) is 13.1 Å². The molecule has 1 rings (SSSR count). The number of rotatable bonds is 5. The maximum Gasteiger partial charge on any atom is 0.401 e. The maximum absolute atomic E-state index is 12.5. The highest BCUT2D eigenvalue weighted by atomic mass is 19.4. The third-order valence-electron chi connectivity index (χ3n) is 3.11. The van der Waals surface area contributed by atoms with E-state index in [-0.39, 0.29) is 12.6 Å². The molecule has 1 aromatic rings. The molecule has 0 aliphatic heterocycles. The lowest BCUT2D eigenvalue weighted by Crippen LogP contribution is -2.43. The smallest absolute Gasteiger partial charge is 0.398 e. The summed E-state index contributed by atoms with van der Waals surface area (Å²) in [6.45, 7) is 3.52. The lowest BCUT2D eigenvalue weighted by Gasteiger charge is -2.26. The van der Waals surface area contributed by atoms with Crippen LogP contribution in [0.4, 0.5) is 24.5 Å². The Hall–Kier alpha value is -1.76. The normalized spacial score (nSPS) is 12.0. The fourth-order valence-corrected chi connectivity index (χ4v) is 1.81. The number of halogens is 3. The number of nitrogens with zero attached hydrogens (tertiary/aromatic N) is 1. The number of nitrogen functional groups attached to an aromatic ring is 1. The monoisotopic (exact) mass is 303 g/mol. The number of alkyl halides is 3. The van der Waals surface area contributed by atoms with Gasteiger partial charge in [0.15, 0.2) is 0 Å². The van der Waals surface area contributed by atoms with Gasteiger partial charge < -0.3 is 11.1 Å². The highest BCUT2D eigenvalue weighted by molar-refractivity contribution is 5.93. The van der Waals surface area contributed by atoms with Crippen molar-refractivity contribution in [2.24, 2.45) is 0 Å². The Kier molecular flexibility index (Phi) is 5.60. The van der Waals surface area contributed by atoms with E-state index < -0.39 is 18.6 Å². The maximum atomic E-state index is 12.5. The first-order valence-corrected chi connectivity index (χ1v) is 6.56. The third-order valence-corrected chi connectivity index (χ3v) is 3.11. The van der Waals surface area contributed by atoms with Crippen LogP contribution in [0.25, 0.3) is 0 Å². The first-order valence-electron chi connectivity index (χ1n) is 6.56. The molecule has 21 heavy (non-hydrogen) atoms. The summed E-state index contributed by atoms with van der Waals surface area (Å²) in [7, 11) is 0. The number of nitrogens with two attached hydrogens (primary N) is 1. The molecule has 0 aliphatic carbocycles.